The number of hydrogen-bond acceptors (Lipinski definition) is 4. The molecule has 1 unspecified atom stereocenters. The number of hydrogen-bond donors (Lipinski definition) is 2. The van der Waals surface area contributed by atoms with Crippen molar-refractivity contribution in [3.8, 4) is 0 Å². The molecule has 0 spiro atoms. The molecule has 2 aromatic rings. The second-order valence-corrected chi connectivity index (χ2v) is 6.88. The standard InChI is InChI=1S/C19H27N3O3.Na/c1-5-19(6-2,18(24)25)11-15(23)22-16(12(3)4)17-20-13-9-7-8-10-14(13)21-17;/h7-10,12,16H,5-6,11H2,1-4H3,(H,20,21)(H,22,23)(H,24,25);/q;+1/p-1. The Morgan fingerprint density at radius 3 is 2.35 bits per heavy atom. The van der Waals surface area contributed by atoms with Crippen LogP contribution in [-0.2, 0) is 9.59 Å². The number of fused-ring (bicyclic) bond motifs is 1. The van der Waals surface area contributed by atoms with Crippen molar-refractivity contribution < 1.29 is 44.3 Å². The third-order valence-corrected chi connectivity index (χ3v) is 4.97. The molecule has 1 aromatic carbocycles. The number of aromatic amines is 1. The van der Waals surface area contributed by atoms with Crippen LogP contribution in [0.1, 0.15) is 58.8 Å². The summed E-state index contributed by atoms with van der Waals surface area (Å²) in [5, 5.41) is 14.5. The monoisotopic (exact) mass is 367 g/mol. The zero-order valence-corrected chi connectivity index (χ0v) is 18.3. The molecule has 7 heteroatoms. The van der Waals surface area contributed by atoms with Crippen LogP contribution < -0.4 is 40.0 Å². The van der Waals surface area contributed by atoms with Gasteiger partial charge < -0.3 is 20.2 Å². The van der Waals surface area contributed by atoms with E-state index in [1.165, 1.54) is 0 Å². The number of nitrogens with one attached hydrogen (secondary N) is 2. The third kappa shape index (κ3) is 4.87. The van der Waals surface area contributed by atoms with Gasteiger partial charge in [0.15, 0.2) is 0 Å². The zero-order valence-electron chi connectivity index (χ0n) is 16.3. The molecule has 136 valence electrons. The summed E-state index contributed by atoms with van der Waals surface area (Å²) in [5.41, 5.74) is 0.617. The molecule has 0 aliphatic rings. The summed E-state index contributed by atoms with van der Waals surface area (Å²) in [6.45, 7) is 7.52. The Kier molecular flexibility index (Phi) is 8.31. The number of carboxylic acid groups (broad SMARTS) is 1. The Hall–Kier alpha value is -1.37. The van der Waals surface area contributed by atoms with Crippen molar-refractivity contribution >= 4 is 22.9 Å². The van der Waals surface area contributed by atoms with Crippen LogP contribution in [0.3, 0.4) is 0 Å². The maximum atomic E-state index is 12.5. The molecule has 1 heterocycles. The smallest absolute Gasteiger partial charge is 0.550 e. The first-order valence-corrected chi connectivity index (χ1v) is 8.78. The molecule has 26 heavy (non-hydrogen) atoms. The minimum Gasteiger partial charge on any atom is -0.550 e. The van der Waals surface area contributed by atoms with Crippen LogP contribution in [0.25, 0.3) is 11.0 Å². The Balaban J connectivity index is 0.00000338. The van der Waals surface area contributed by atoms with Crippen molar-refractivity contribution in [1.82, 2.24) is 15.3 Å². The van der Waals surface area contributed by atoms with Gasteiger partial charge in [-0.05, 0) is 30.9 Å². The topological polar surface area (TPSA) is 97.9 Å². The third-order valence-electron chi connectivity index (χ3n) is 4.97. The average Bonchev–Trinajstić information content (AvgIpc) is 3.00. The van der Waals surface area contributed by atoms with E-state index in [9.17, 15) is 14.7 Å². The minimum atomic E-state index is -1.17. The first kappa shape index (κ1) is 22.7. The number of carbonyl (C=O) groups is 2. The van der Waals surface area contributed by atoms with Crippen molar-refractivity contribution in [3.63, 3.8) is 0 Å². The van der Waals surface area contributed by atoms with Crippen LogP contribution in [0.15, 0.2) is 24.3 Å². The molecule has 0 saturated carbocycles. The van der Waals surface area contributed by atoms with Gasteiger partial charge in [-0.1, -0.05) is 39.8 Å². The predicted molar refractivity (Wildman–Crippen MR) is 94.5 cm³/mol. The van der Waals surface area contributed by atoms with Crippen molar-refractivity contribution in [1.29, 1.82) is 0 Å². The van der Waals surface area contributed by atoms with Gasteiger partial charge in [0, 0.05) is 17.8 Å². The van der Waals surface area contributed by atoms with Gasteiger partial charge in [-0.2, -0.15) is 0 Å². The number of aliphatic carboxylic acids is 1. The van der Waals surface area contributed by atoms with Crippen molar-refractivity contribution in [3.05, 3.63) is 30.1 Å². The van der Waals surface area contributed by atoms with Crippen LogP contribution in [0.2, 0.25) is 0 Å². The van der Waals surface area contributed by atoms with E-state index in [0.29, 0.717) is 18.7 Å². The van der Waals surface area contributed by atoms with Gasteiger partial charge in [0.1, 0.15) is 5.82 Å². The van der Waals surface area contributed by atoms with Crippen LogP contribution in [0, 0.1) is 11.3 Å². The fraction of sp³-hybridized carbons (Fsp3) is 0.526. The summed E-state index contributed by atoms with van der Waals surface area (Å²) in [6, 6.07) is 7.36. The van der Waals surface area contributed by atoms with Gasteiger partial charge in [-0.3, -0.25) is 4.79 Å². The first-order valence-electron chi connectivity index (χ1n) is 8.78. The molecular formula is C19H26N3NaO3. The van der Waals surface area contributed by atoms with E-state index in [1.54, 1.807) is 13.8 Å². The number of para-hydroxylation sites is 2. The molecular weight excluding hydrogens is 341 g/mol. The van der Waals surface area contributed by atoms with E-state index < -0.39 is 11.4 Å². The van der Waals surface area contributed by atoms with Gasteiger partial charge in [0.25, 0.3) is 0 Å². The number of carbonyl (C=O) groups excluding carboxylic acids is 2. The van der Waals surface area contributed by atoms with Crippen molar-refractivity contribution in [2.45, 2.75) is 53.0 Å². The van der Waals surface area contributed by atoms with E-state index in [-0.39, 0.29) is 53.8 Å². The maximum absolute atomic E-state index is 12.5. The van der Waals surface area contributed by atoms with E-state index in [4.69, 9.17) is 0 Å². The molecule has 6 nitrogen and oxygen atoms in total. The molecule has 2 N–H and O–H groups in total. The van der Waals surface area contributed by atoms with Gasteiger partial charge in [-0.15, -0.1) is 0 Å². The number of imidazole rings is 1. The largest absolute Gasteiger partial charge is 1.00 e. The SMILES string of the molecule is CCC(CC)(CC(=O)NC(c1nc2ccccc2[nH]1)C(C)C)C(=O)[O-].[Na+]. The molecule has 1 atom stereocenters. The average molecular weight is 367 g/mol. The maximum Gasteiger partial charge on any atom is 1.00 e. The number of carboxylic acids is 1. The number of rotatable bonds is 8. The van der Waals surface area contributed by atoms with Crippen LogP contribution >= 0.6 is 0 Å². The normalized spacial score (nSPS) is 12.7. The van der Waals surface area contributed by atoms with Crippen LogP contribution in [0.5, 0.6) is 0 Å². The summed E-state index contributed by atoms with van der Waals surface area (Å²) in [5.74, 6) is -0.689. The van der Waals surface area contributed by atoms with E-state index in [0.717, 1.165) is 11.0 Å². The number of amides is 1. The zero-order chi connectivity index (χ0) is 18.6. The second-order valence-electron chi connectivity index (χ2n) is 6.88. The fourth-order valence-electron chi connectivity index (χ4n) is 3.06. The van der Waals surface area contributed by atoms with Crippen molar-refractivity contribution in [2.24, 2.45) is 11.3 Å². The van der Waals surface area contributed by atoms with Gasteiger partial charge in [0.05, 0.1) is 17.1 Å². The molecule has 0 aliphatic carbocycles. The summed E-state index contributed by atoms with van der Waals surface area (Å²) < 4.78 is 0. The van der Waals surface area contributed by atoms with E-state index in [2.05, 4.69) is 15.3 Å². The Labute approximate surface area is 176 Å². The molecule has 0 aliphatic heterocycles. The van der Waals surface area contributed by atoms with E-state index >= 15 is 0 Å². The number of benzene rings is 1. The molecule has 1 amide bonds. The molecule has 0 saturated heterocycles. The summed E-state index contributed by atoms with van der Waals surface area (Å²) in [7, 11) is 0. The Morgan fingerprint density at radius 1 is 1.23 bits per heavy atom. The molecule has 0 bridgehead atoms. The Morgan fingerprint density at radius 2 is 1.85 bits per heavy atom. The summed E-state index contributed by atoms with van der Waals surface area (Å²) in [4.78, 5) is 31.9. The quantitative estimate of drug-likeness (QED) is 0.605. The van der Waals surface area contributed by atoms with E-state index in [1.807, 2.05) is 38.1 Å². The van der Waals surface area contributed by atoms with Crippen molar-refractivity contribution in [2.75, 3.05) is 0 Å². The summed E-state index contributed by atoms with van der Waals surface area (Å²) >= 11 is 0. The number of aromatic nitrogens is 2. The molecule has 2 rings (SSSR count). The number of nitrogens with zero attached hydrogens (tertiary/aromatic N) is 1. The minimum absolute atomic E-state index is 0. The molecule has 1 aromatic heterocycles. The predicted octanol–water partition coefficient (Wildman–Crippen LogP) is -0.673. The first-order chi connectivity index (χ1) is 11.8. The number of H-pyrrole nitrogens is 1. The summed E-state index contributed by atoms with van der Waals surface area (Å²) in [6.07, 6.45) is 0.623. The van der Waals surface area contributed by atoms with Gasteiger partial charge in [-0.25, -0.2) is 4.98 Å². The van der Waals surface area contributed by atoms with Crippen LogP contribution in [0.4, 0.5) is 0 Å². The van der Waals surface area contributed by atoms with Gasteiger partial charge >= 0.3 is 29.6 Å². The van der Waals surface area contributed by atoms with Gasteiger partial charge in [0.2, 0.25) is 5.91 Å². The Bertz CT molecular complexity index is 720. The van der Waals surface area contributed by atoms with Crippen LogP contribution in [-0.4, -0.2) is 21.8 Å². The molecule has 0 radical (unpaired) electrons. The second kappa shape index (κ2) is 9.53. The molecule has 0 fully saturated rings. The fourth-order valence-corrected chi connectivity index (χ4v) is 3.06.